The van der Waals surface area contributed by atoms with Gasteiger partial charge in [0.1, 0.15) is 0 Å². The third kappa shape index (κ3) is 4.84. The molecule has 0 radical (unpaired) electrons. The predicted molar refractivity (Wildman–Crippen MR) is 137 cm³/mol. The zero-order chi connectivity index (χ0) is 24.9. The SMILES string of the molecule is CCN(CC)c1nc(Nc2cc(OC)c(OC)c(OC)c2)nc(Nc2nc3ccccc3n2C)n1. The Bertz CT molecular complexity index is 1290. The Kier molecular flexibility index (Phi) is 7.04. The van der Waals surface area contributed by atoms with E-state index in [-0.39, 0.29) is 0 Å². The lowest BCUT2D eigenvalue weighted by molar-refractivity contribution is 0.324. The summed E-state index contributed by atoms with van der Waals surface area (Å²) >= 11 is 0. The number of benzene rings is 2. The first kappa shape index (κ1) is 23.9. The average molecular weight is 479 g/mol. The Morgan fingerprint density at radius 2 is 1.46 bits per heavy atom. The molecular weight excluding hydrogens is 448 g/mol. The molecule has 0 saturated heterocycles. The topological polar surface area (TPSA) is 111 Å². The zero-order valence-electron chi connectivity index (χ0n) is 20.8. The number of nitrogens with zero attached hydrogens (tertiary/aromatic N) is 6. The zero-order valence-corrected chi connectivity index (χ0v) is 20.8. The molecule has 0 bridgehead atoms. The molecule has 0 unspecified atom stereocenters. The van der Waals surface area contributed by atoms with Gasteiger partial charge in [-0.15, -0.1) is 0 Å². The van der Waals surface area contributed by atoms with Crippen molar-refractivity contribution in [3.8, 4) is 17.2 Å². The molecule has 11 heteroatoms. The van der Waals surface area contributed by atoms with Crippen molar-refractivity contribution in [2.75, 3.05) is 50.0 Å². The monoisotopic (exact) mass is 478 g/mol. The number of hydrogen-bond donors (Lipinski definition) is 2. The highest BCUT2D eigenvalue weighted by Crippen LogP contribution is 2.40. The second-order valence-corrected chi connectivity index (χ2v) is 7.60. The summed E-state index contributed by atoms with van der Waals surface area (Å²) in [6.45, 7) is 5.60. The maximum Gasteiger partial charge on any atom is 0.236 e. The molecule has 2 heterocycles. The van der Waals surface area contributed by atoms with E-state index in [1.165, 1.54) is 0 Å². The van der Waals surface area contributed by atoms with Crippen LogP contribution >= 0.6 is 0 Å². The molecular formula is C24H30N8O3. The van der Waals surface area contributed by atoms with Gasteiger partial charge in [-0.1, -0.05) is 12.1 Å². The van der Waals surface area contributed by atoms with E-state index in [2.05, 4.69) is 44.4 Å². The lowest BCUT2D eigenvalue weighted by atomic mass is 10.2. The number of ether oxygens (including phenoxy) is 3. The van der Waals surface area contributed by atoms with Gasteiger partial charge in [-0.25, -0.2) is 4.98 Å². The van der Waals surface area contributed by atoms with Crippen LogP contribution in [-0.2, 0) is 7.05 Å². The minimum atomic E-state index is 0.359. The van der Waals surface area contributed by atoms with Crippen molar-refractivity contribution in [2.24, 2.45) is 7.05 Å². The number of imidazole rings is 1. The van der Waals surface area contributed by atoms with Crippen LogP contribution in [0.25, 0.3) is 11.0 Å². The van der Waals surface area contributed by atoms with Gasteiger partial charge in [0.25, 0.3) is 0 Å². The smallest absolute Gasteiger partial charge is 0.236 e. The van der Waals surface area contributed by atoms with Crippen LogP contribution in [0.3, 0.4) is 0 Å². The highest BCUT2D eigenvalue weighted by Gasteiger charge is 2.17. The number of methoxy groups -OCH3 is 3. The minimum Gasteiger partial charge on any atom is -0.493 e. The second kappa shape index (κ2) is 10.3. The number of fused-ring (bicyclic) bond motifs is 1. The van der Waals surface area contributed by atoms with Gasteiger partial charge in [-0.2, -0.15) is 15.0 Å². The van der Waals surface area contributed by atoms with E-state index >= 15 is 0 Å². The standard InChI is InChI=1S/C24H30N8O3/c1-7-32(8-2)24-29-21(25-15-13-18(33-4)20(35-6)19(14-15)34-5)27-22(30-24)28-23-26-16-11-9-10-12-17(16)31(23)3/h9-14H,7-8H2,1-6H3,(H2,25,26,27,28,29,30). The second-order valence-electron chi connectivity index (χ2n) is 7.60. The van der Waals surface area contributed by atoms with Gasteiger partial charge in [-0.3, -0.25) is 5.32 Å². The Morgan fingerprint density at radius 3 is 2.03 bits per heavy atom. The van der Waals surface area contributed by atoms with E-state index in [1.807, 2.05) is 40.8 Å². The van der Waals surface area contributed by atoms with E-state index < -0.39 is 0 Å². The maximum atomic E-state index is 5.47. The van der Waals surface area contributed by atoms with Crippen LogP contribution in [0.2, 0.25) is 0 Å². The first-order valence-corrected chi connectivity index (χ1v) is 11.3. The van der Waals surface area contributed by atoms with Gasteiger partial charge >= 0.3 is 0 Å². The summed E-state index contributed by atoms with van der Waals surface area (Å²) in [5.74, 6) is 3.44. The van der Waals surface area contributed by atoms with Crippen molar-refractivity contribution in [3.05, 3.63) is 36.4 Å². The molecule has 4 rings (SSSR count). The van der Waals surface area contributed by atoms with E-state index in [0.717, 1.165) is 24.1 Å². The van der Waals surface area contributed by atoms with Crippen molar-refractivity contribution in [1.29, 1.82) is 0 Å². The van der Waals surface area contributed by atoms with E-state index in [1.54, 1.807) is 33.5 Å². The average Bonchev–Trinajstić information content (AvgIpc) is 3.19. The molecule has 4 aromatic rings. The molecule has 0 atom stereocenters. The first-order valence-electron chi connectivity index (χ1n) is 11.3. The fourth-order valence-corrected chi connectivity index (χ4v) is 3.76. The van der Waals surface area contributed by atoms with Gasteiger partial charge in [0.15, 0.2) is 11.5 Å². The van der Waals surface area contributed by atoms with E-state index in [0.29, 0.717) is 46.7 Å². The molecule has 2 aromatic heterocycles. The van der Waals surface area contributed by atoms with Gasteiger partial charge in [0.05, 0.1) is 32.4 Å². The van der Waals surface area contributed by atoms with Crippen LogP contribution in [0.1, 0.15) is 13.8 Å². The molecule has 0 spiro atoms. The normalized spacial score (nSPS) is 10.8. The molecule has 2 aromatic carbocycles. The Balaban J connectivity index is 1.74. The minimum absolute atomic E-state index is 0.359. The number of aryl methyl sites for hydroxylation is 1. The number of anilines is 5. The quantitative estimate of drug-likeness (QED) is 0.345. The fraction of sp³-hybridized carbons (Fsp3) is 0.333. The van der Waals surface area contributed by atoms with Crippen molar-refractivity contribution in [3.63, 3.8) is 0 Å². The van der Waals surface area contributed by atoms with Gasteiger partial charge < -0.3 is 29.0 Å². The Labute approximate surface area is 204 Å². The molecule has 0 amide bonds. The number of para-hydroxylation sites is 2. The van der Waals surface area contributed by atoms with Crippen molar-refractivity contribution < 1.29 is 14.2 Å². The van der Waals surface area contributed by atoms with Crippen LogP contribution in [0.5, 0.6) is 17.2 Å². The largest absolute Gasteiger partial charge is 0.493 e. The summed E-state index contributed by atoms with van der Waals surface area (Å²) in [6, 6.07) is 11.5. The van der Waals surface area contributed by atoms with Crippen LogP contribution in [0.4, 0.5) is 29.5 Å². The van der Waals surface area contributed by atoms with Crippen LogP contribution < -0.4 is 29.7 Å². The van der Waals surface area contributed by atoms with Gasteiger partial charge in [-0.05, 0) is 26.0 Å². The van der Waals surface area contributed by atoms with Crippen molar-refractivity contribution in [1.82, 2.24) is 24.5 Å². The Morgan fingerprint density at radius 1 is 0.829 bits per heavy atom. The summed E-state index contributed by atoms with van der Waals surface area (Å²) in [7, 11) is 6.65. The van der Waals surface area contributed by atoms with Crippen LogP contribution in [0.15, 0.2) is 36.4 Å². The summed E-state index contributed by atoms with van der Waals surface area (Å²) in [5.41, 5.74) is 2.56. The molecule has 0 aliphatic carbocycles. The fourth-order valence-electron chi connectivity index (χ4n) is 3.76. The number of rotatable bonds is 10. The number of nitrogens with one attached hydrogen (secondary N) is 2. The molecule has 0 aliphatic rings. The summed E-state index contributed by atoms with van der Waals surface area (Å²) < 4.78 is 18.3. The summed E-state index contributed by atoms with van der Waals surface area (Å²) in [4.78, 5) is 20.6. The molecule has 0 fully saturated rings. The molecule has 35 heavy (non-hydrogen) atoms. The summed E-state index contributed by atoms with van der Waals surface area (Å²) in [6.07, 6.45) is 0. The predicted octanol–water partition coefficient (Wildman–Crippen LogP) is 4.12. The third-order valence-electron chi connectivity index (χ3n) is 5.60. The van der Waals surface area contributed by atoms with Crippen LogP contribution in [-0.4, -0.2) is 58.9 Å². The molecule has 0 saturated carbocycles. The van der Waals surface area contributed by atoms with E-state index in [9.17, 15) is 0 Å². The molecule has 2 N–H and O–H groups in total. The molecule has 184 valence electrons. The lowest BCUT2D eigenvalue weighted by Gasteiger charge is -2.20. The van der Waals surface area contributed by atoms with Gasteiger partial charge in [0.2, 0.25) is 29.5 Å². The number of hydrogen-bond acceptors (Lipinski definition) is 10. The lowest BCUT2D eigenvalue weighted by Crippen LogP contribution is -2.25. The molecule has 11 nitrogen and oxygen atoms in total. The molecule has 0 aliphatic heterocycles. The summed E-state index contributed by atoms with van der Waals surface area (Å²) in [5, 5.41) is 6.49. The highest BCUT2D eigenvalue weighted by atomic mass is 16.5. The van der Waals surface area contributed by atoms with Crippen molar-refractivity contribution >= 4 is 40.5 Å². The highest BCUT2D eigenvalue weighted by molar-refractivity contribution is 5.79. The number of aromatic nitrogens is 5. The first-order chi connectivity index (χ1) is 17.0. The van der Waals surface area contributed by atoms with Crippen LogP contribution in [0, 0.1) is 0 Å². The van der Waals surface area contributed by atoms with Gasteiger partial charge in [0, 0.05) is 38.0 Å². The Hall–Kier alpha value is -4.28. The third-order valence-corrected chi connectivity index (χ3v) is 5.60. The maximum absolute atomic E-state index is 5.47. The van der Waals surface area contributed by atoms with E-state index in [4.69, 9.17) is 14.2 Å². The van der Waals surface area contributed by atoms with Crippen molar-refractivity contribution in [2.45, 2.75) is 13.8 Å².